The average molecular weight is 445 g/mol. The Balaban J connectivity index is 5.45. The molecule has 0 fully saturated rings. The summed E-state index contributed by atoms with van der Waals surface area (Å²) >= 11 is 0. The van der Waals surface area contributed by atoms with Gasteiger partial charge < -0.3 is 30.7 Å². The third-order valence-corrected chi connectivity index (χ3v) is 18.9. The molecule has 0 aromatic rings. The highest BCUT2D eigenvalue weighted by molar-refractivity contribution is 6.82. The molecule has 0 saturated carbocycles. The summed E-state index contributed by atoms with van der Waals surface area (Å²) < 4.78 is 40.5. The maximum atomic E-state index is 6.73. The predicted octanol–water partition coefficient (Wildman–Crippen LogP) is 3.10. The van der Waals surface area contributed by atoms with Crippen molar-refractivity contribution in [1.82, 2.24) is 0 Å². The Morgan fingerprint density at radius 2 is 0.923 bits per heavy atom. The van der Waals surface area contributed by atoms with Crippen LogP contribution in [0.2, 0.25) is 43.3 Å². The van der Waals surface area contributed by atoms with Gasteiger partial charge in [0.2, 0.25) is 0 Å². The zero-order valence-corrected chi connectivity index (χ0v) is 22.3. The second-order valence-corrected chi connectivity index (χ2v) is 19.8. The van der Waals surface area contributed by atoms with Crippen molar-refractivity contribution in [2.24, 2.45) is 0 Å². The lowest BCUT2D eigenvalue weighted by Gasteiger charge is -2.37. The van der Waals surface area contributed by atoms with Crippen LogP contribution >= 0.6 is 0 Å². The van der Waals surface area contributed by atoms with Crippen molar-refractivity contribution < 1.29 is 30.7 Å². The zero-order chi connectivity index (χ0) is 20.3. The van der Waals surface area contributed by atoms with Crippen LogP contribution in [0.3, 0.4) is 0 Å². The Labute approximate surface area is 165 Å². The second kappa shape index (κ2) is 12.9. The summed E-state index contributed by atoms with van der Waals surface area (Å²) in [5, 5.41) is 0. The first-order valence-corrected chi connectivity index (χ1v) is 18.4. The Kier molecular flexibility index (Phi) is 13.2. The van der Waals surface area contributed by atoms with E-state index in [1.165, 1.54) is 0 Å². The van der Waals surface area contributed by atoms with E-state index in [0.29, 0.717) is 0 Å². The monoisotopic (exact) mass is 444 g/mol. The molecule has 0 spiro atoms. The van der Waals surface area contributed by atoms with Crippen LogP contribution in [0.15, 0.2) is 0 Å². The Bertz CT molecular complexity index is 325. The van der Waals surface area contributed by atoms with Crippen molar-refractivity contribution in [2.45, 2.75) is 56.7 Å². The SMILES string of the molecule is CCC[Si](CC[Si](OC)(OC)OC)(CC[Si](OC)(OC)OC)O[SiH](C)C. The maximum Gasteiger partial charge on any atom is 0.499 e. The number of hydrogen-bond acceptors (Lipinski definition) is 7. The lowest BCUT2D eigenvalue weighted by molar-refractivity contribution is 0.124. The van der Waals surface area contributed by atoms with Crippen LogP contribution < -0.4 is 0 Å². The molecule has 0 atom stereocenters. The fourth-order valence-corrected chi connectivity index (χ4v) is 18.8. The lowest BCUT2D eigenvalue weighted by atomic mass is 10.6. The van der Waals surface area contributed by atoms with Crippen molar-refractivity contribution in [1.29, 1.82) is 0 Å². The first-order chi connectivity index (χ1) is 12.3. The third kappa shape index (κ3) is 7.91. The molecule has 11 heteroatoms. The van der Waals surface area contributed by atoms with Crippen molar-refractivity contribution in [3.8, 4) is 0 Å². The highest BCUT2D eigenvalue weighted by atomic mass is 28.4. The minimum Gasteiger partial charge on any atom is -0.458 e. The quantitative estimate of drug-likeness (QED) is 0.339. The van der Waals surface area contributed by atoms with Crippen LogP contribution in [-0.2, 0) is 30.7 Å². The normalized spacial score (nSPS) is 13.6. The van der Waals surface area contributed by atoms with E-state index < -0.39 is 35.0 Å². The van der Waals surface area contributed by atoms with E-state index in [1.54, 1.807) is 42.7 Å². The summed E-state index contributed by atoms with van der Waals surface area (Å²) in [7, 11) is 1.53. The largest absolute Gasteiger partial charge is 0.499 e. The van der Waals surface area contributed by atoms with Gasteiger partial charge in [0.25, 0.3) is 0 Å². The highest BCUT2D eigenvalue weighted by Gasteiger charge is 2.47. The van der Waals surface area contributed by atoms with Gasteiger partial charge in [-0.15, -0.1) is 0 Å². The predicted molar refractivity (Wildman–Crippen MR) is 114 cm³/mol. The molecule has 0 aliphatic carbocycles. The van der Waals surface area contributed by atoms with E-state index in [9.17, 15) is 0 Å². The summed E-state index contributed by atoms with van der Waals surface area (Å²) in [5.74, 6) is 0. The molecule has 0 saturated heterocycles. The molecule has 0 heterocycles. The summed E-state index contributed by atoms with van der Waals surface area (Å²) in [6, 6.07) is 4.54. The Morgan fingerprint density at radius 1 is 0.577 bits per heavy atom. The molecule has 0 bridgehead atoms. The van der Waals surface area contributed by atoms with E-state index in [0.717, 1.165) is 36.6 Å². The van der Waals surface area contributed by atoms with E-state index >= 15 is 0 Å². The minimum absolute atomic E-state index is 0.769. The second-order valence-electron chi connectivity index (χ2n) is 6.69. The van der Waals surface area contributed by atoms with Crippen molar-refractivity contribution in [3.63, 3.8) is 0 Å². The van der Waals surface area contributed by atoms with E-state index in [1.807, 2.05) is 0 Å². The van der Waals surface area contributed by atoms with Crippen molar-refractivity contribution >= 4 is 35.0 Å². The molecule has 158 valence electrons. The van der Waals surface area contributed by atoms with Gasteiger partial charge in [0.05, 0.1) is 0 Å². The summed E-state index contributed by atoms with van der Waals surface area (Å²) in [5.41, 5.74) is 0. The summed E-state index contributed by atoms with van der Waals surface area (Å²) in [6.45, 7) is 6.69. The van der Waals surface area contributed by atoms with Crippen LogP contribution in [-0.4, -0.2) is 77.6 Å². The molecule has 0 rings (SSSR count). The first-order valence-electron chi connectivity index (χ1n) is 9.24. The molecule has 0 amide bonds. The highest BCUT2D eigenvalue weighted by Crippen LogP contribution is 2.34. The molecule has 7 nitrogen and oxygen atoms in total. The molecular weight excluding hydrogens is 405 g/mol. The van der Waals surface area contributed by atoms with Gasteiger partial charge in [-0.2, -0.15) is 0 Å². The van der Waals surface area contributed by atoms with Gasteiger partial charge in [-0.05, 0) is 31.2 Å². The Hall–Kier alpha value is 0.588. The van der Waals surface area contributed by atoms with Gasteiger partial charge in [0.1, 0.15) is 0 Å². The molecule has 0 radical (unpaired) electrons. The van der Waals surface area contributed by atoms with E-state index in [2.05, 4.69) is 20.0 Å². The zero-order valence-electron chi connectivity index (χ0n) is 18.2. The van der Waals surface area contributed by atoms with Gasteiger partial charge in [-0.1, -0.05) is 13.3 Å². The van der Waals surface area contributed by atoms with Crippen molar-refractivity contribution in [3.05, 3.63) is 0 Å². The van der Waals surface area contributed by atoms with Gasteiger partial charge in [0, 0.05) is 54.7 Å². The Morgan fingerprint density at radius 3 is 1.15 bits per heavy atom. The molecule has 0 N–H and O–H groups in total. The van der Waals surface area contributed by atoms with Gasteiger partial charge in [-0.3, -0.25) is 0 Å². The van der Waals surface area contributed by atoms with E-state index in [-0.39, 0.29) is 0 Å². The fraction of sp³-hybridized carbons (Fsp3) is 1.00. The fourth-order valence-electron chi connectivity index (χ4n) is 3.38. The van der Waals surface area contributed by atoms with Crippen LogP contribution in [0, 0.1) is 0 Å². The molecule has 0 aromatic carbocycles. The van der Waals surface area contributed by atoms with E-state index in [4.69, 9.17) is 30.7 Å². The van der Waals surface area contributed by atoms with Gasteiger partial charge in [0.15, 0.2) is 17.4 Å². The van der Waals surface area contributed by atoms with Crippen molar-refractivity contribution in [2.75, 3.05) is 42.7 Å². The summed E-state index contributed by atoms with van der Waals surface area (Å²) in [6.07, 6.45) is 1.09. The van der Waals surface area contributed by atoms with Crippen LogP contribution in [0.1, 0.15) is 13.3 Å². The molecule has 26 heavy (non-hydrogen) atoms. The first kappa shape index (κ1) is 26.6. The molecule has 0 unspecified atom stereocenters. The molecule has 0 aliphatic rings. The van der Waals surface area contributed by atoms with Crippen LogP contribution in [0.5, 0.6) is 0 Å². The number of hydrogen-bond donors (Lipinski definition) is 0. The van der Waals surface area contributed by atoms with Crippen LogP contribution in [0.4, 0.5) is 0 Å². The smallest absolute Gasteiger partial charge is 0.458 e. The van der Waals surface area contributed by atoms with Crippen LogP contribution in [0.25, 0.3) is 0 Å². The topological polar surface area (TPSA) is 64.6 Å². The average Bonchev–Trinajstić information content (AvgIpc) is 2.64. The molecule has 0 aliphatic heterocycles. The third-order valence-electron chi connectivity index (χ3n) is 4.83. The molecular formula is C15H40O7Si4. The lowest BCUT2D eigenvalue weighted by Crippen LogP contribution is -2.50. The summed E-state index contributed by atoms with van der Waals surface area (Å²) in [4.78, 5) is 0. The minimum atomic E-state index is -2.62. The standard InChI is InChI=1S/C15H40O7Si4/c1-10-11-24(22-23(8)9,12-14-25(16-2,17-3)18-4)13-15-26(19-5,20-6)21-7/h23H,10-15H2,1-9H3. The molecule has 0 aromatic heterocycles. The van der Waals surface area contributed by atoms with Gasteiger partial charge in [-0.25, -0.2) is 0 Å². The van der Waals surface area contributed by atoms with Gasteiger partial charge >= 0.3 is 17.6 Å². The maximum absolute atomic E-state index is 6.73. The number of rotatable bonds is 16.